The zero-order valence-corrected chi connectivity index (χ0v) is 22.0. The number of aromatic nitrogens is 2. The normalized spacial score (nSPS) is 14.4. The number of nitrogens with zero attached hydrogens (tertiary/aromatic N) is 2. The molecule has 0 N–H and O–H groups in total. The molecule has 0 bridgehead atoms. The van der Waals surface area contributed by atoms with E-state index in [0.29, 0.717) is 22.0 Å². The van der Waals surface area contributed by atoms with Crippen LogP contribution in [-0.2, 0) is 0 Å². The summed E-state index contributed by atoms with van der Waals surface area (Å²) in [7, 11) is 0. The first-order chi connectivity index (χ1) is 18.5. The molecule has 4 nitrogen and oxygen atoms in total. The molecule has 1 aliphatic rings. The van der Waals surface area contributed by atoms with Crippen LogP contribution in [0.3, 0.4) is 0 Å². The minimum Gasteiger partial charge on any atom is -0.440 e. The summed E-state index contributed by atoms with van der Waals surface area (Å²) in [6, 6.07) is 35.9. The summed E-state index contributed by atoms with van der Waals surface area (Å²) in [4.78, 5) is 14.5. The molecule has 5 heteroatoms. The molecule has 4 aromatic carbocycles. The highest BCUT2D eigenvalue weighted by Gasteiger charge is 2.32. The summed E-state index contributed by atoms with van der Waals surface area (Å²) >= 11 is 6.09. The maximum Gasteiger partial charge on any atom is 0.266 e. The molecule has 0 spiro atoms. The van der Waals surface area contributed by atoms with Gasteiger partial charge in [-0.25, -0.2) is 0 Å². The van der Waals surface area contributed by atoms with E-state index in [0.717, 1.165) is 33.6 Å². The zero-order chi connectivity index (χ0) is 26.2. The highest BCUT2D eigenvalue weighted by atomic mass is 32.1. The first-order valence-corrected chi connectivity index (χ1v) is 13.0. The van der Waals surface area contributed by atoms with Crippen molar-refractivity contribution < 1.29 is 4.74 Å². The van der Waals surface area contributed by atoms with Crippen molar-refractivity contribution in [2.45, 2.75) is 19.8 Å². The van der Waals surface area contributed by atoms with E-state index in [2.05, 4.69) is 12.1 Å². The van der Waals surface area contributed by atoms with Gasteiger partial charge in [-0.1, -0.05) is 97.1 Å². The maximum atomic E-state index is 14.5. The van der Waals surface area contributed by atoms with Gasteiger partial charge in [0.1, 0.15) is 5.76 Å². The molecule has 1 aliphatic heterocycles. The number of hydrogen-bond acceptors (Lipinski definition) is 3. The number of aryl methyl sites for hydroxylation is 2. The molecule has 1 unspecified atom stereocenters. The third kappa shape index (κ3) is 4.01. The number of hydrogen-bond donors (Lipinski definition) is 0. The first kappa shape index (κ1) is 23.9. The molecule has 1 aromatic heterocycles. The molecule has 38 heavy (non-hydrogen) atoms. The van der Waals surface area contributed by atoms with Gasteiger partial charge in [-0.15, -0.1) is 0 Å². The number of benzene rings is 4. The molecule has 0 aliphatic carbocycles. The molecular formula is C33H26N2O2S. The Morgan fingerprint density at radius 2 is 1.21 bits per heavy atom. The lowest BCUT2D eigenvalue weighted by Gasteiger charge is -2.29. The van der Waals surface area contributed by atoms with Crippen LogP contribution in [0.15, 0.2) is 120 Å². The van der Waals surface area contributed by atoms with Crippen molar-refractivity contribution in [3.05, 3.63) is 158 Å². The molecule has 5 aromatic rings. The molecule has 2 heterocycles. The molecule has 0 amide bonds. The number of allylic oxidation sites excluding steroid dienone is 1. The molecule has 0 fully saturated rings. The van der Waals surface area contributed by atoms with E-state index >= 15 is 0 Å². The Labute approximate surface area is 226 Å². The van der Waals surface area contributed by atoms with Crippen LogP contribution in [-0.4, -0.2) is 9.13 Å². The first-order valence-electron chi connectivity index (χ1n) is 12.6. The van der Waals surface area contributed by atoms with Crippen LogP contribution >= 0.6 is 12.2 Å². The fraction of sp³-hybridized carbons (Fsp3) is 0.0909. The SMILES string of the molecule is Cc1ccccc1-n1c2c(c(=O)n(-c3ccccc3C)c1=S)C(c1ccccc1)C=C(c1ccccc1)O2. The average Bonchev–Trinajstić information content (AvgIpc) is 2.95. The summed E-state index contributed by atoms with van der Waals surface area (Å²) in [6.45, 7) is 4.03. The van der Waals surface area contributed by atoms with Gasteiger partial charge in [0, 0.05) is 11.5 Å². The van der Waals surface area contributed by atoms with Crippen LogP contribution in [0.25, 0.3) is 17.1 Å². The van der Waals surface area contributed by atoms with E-state index in [1.54, 1.807) is 4.57 Å². The van der Waals surface area contributed by atoms with Crippen molar-refractivity contribution in [3.63, 3.8) is 0 Å². The van der Waals surface area contributed by atoms with Crippen molar-refractivity contribution in [1.29, 1.82) is 0 Å². The maximum absolute atomic E-state index is 14.5. The second kappa shape index (κ2) is 9.77. The quantitative estimate of drug-likeness (QED) is 0.233. The Morgan fingerprint density at radius 1 is 0.684 bits per heavy atom. The van der Waals surface area contributed by atoms with Gasteiger partial charge in [0.25, 0.3) is 5.56 Å². The van der Waals surface area contributed by atoms with Gasteiger partial charge >= 0.3 is 0 Å². The molecular weight excluding hydrogens is 488 g/mol. The molecule has 1 atom stereocenters. The summed E-state index contributed by atoms with van der Waals surface area (Å²) in [5.74, 6) is 0.815. The van der Waals surface area contributed by atoms with Gasteiger partial charge in [0.2, 0.25) is 5.88 Å². The second-order valence-electron chi connectivity index (χ2n) is 9.44. The third-order valence-electron chi connectivity index (χ3n) is 7.01. The predicted molar refractivity (Wildman–Crippen MR) is 155 cm³/mol. The van der Waals surface area contributed by atoms with Crippen LogP contribution in [0, 0.1) is 18.6 Å². The van der Waals surface area contributed by atoms with Crippen molar-refractivity contribution in [2.24, 2.45) is 0 Å². The summed E-state index contributed by atoms with van der Waals surface area (Å²) in [5, 5.41) is 0. The van der Waals surface area contributed by atoms with Crippen LogP contribution < -0.4 is 10.3 Å². The lowest BCUT2D eigenvalue weighted by Crippen LogP contribution is -2.32. The number of rotatable bonds is 4. The minimum absolute atomic E-state index is 0.179. The van der Waals surface area contributed by atoms with Gasteiger partial charge in [-0.2, -0.15) is 0 Å². The van der Waals surface area contributed by atoms with Gasteiger partial charge < -0.3 is 4.74 Å². The van der Waals surface area contributed by atoms with Gasteiger partial charge in [0.05, 0.1) is 16.9 Å². The largest absolute Gasteiger partial charge is 0.440 e. The molecule has 0 saturated carbocycles. The minimum atomic E-state index is -0.330. The summed E-state index contributed by atoms with van der Waals surface area (Å²) in [5.41, 5.74) is 5.94. The molecule has 0 radical (unpaired) electrons. The molecule has 186 valence electrons. The van der Waals surface area contributed by atoms with E-state index in [9.17, 15) is 4.79 Å². The Kier molecular flexibility index (Phi) is 6.14. The second-order valence-corrected chi connectivity index (χ2v) is 9.80. The lowest BCUT2D eigenvalue weighted by molar-refractivity contribution is 0.446. The van der Waals surface area contributed by atoms with Crippen molar-refractivity contribution in [3.8, 4) is 17.3 Å². The third-order valence-corrected chi connectivity index (χ3v) is 7.38. The van der Waals surface area contributed by atoms with E-state index in [4.69, 9.17) is 17.0 Å². The number of para-hydroxylation sites is 2. The number of fused-ring (bicyclic) bond motifs is 1. The van der Waals surface area contributed by atoms with Gasteiger partial charge in [0.15, 0.2) is 4.77 Å². The average molecular weight is 515 g/mol. The van der Waals surface area contributed by atoms with Crippen LogP contribution in [0.5, 0.6) is 5.88 Å². The topological polar surface area (TPSA) is 36.2 Å². The summed E-state index contributed by atoms with van der Waals surface area (Å²) in [6.07, 6.45) is 2.04. The fourth-order valence-electron chi connectivity index (χ4n) is 5.08. The van der Waals surface area contributed by atoms with Crippen LogP contribution in [0.1, 0.15) is 33.7 Å². The Hall–Kier alpha value is -4.48. The number of ether oxygens (including phenoxy) is 1. The van der Waals surface area contributed by atoms with Crippen LogP contribution in [0.4, 0.5) is 0 Å². The highest BCUT2D eigenvalue weighted by Crippen LogP contribution is 2.41. The van der Waals surface area contributed by atoms with E-state index < -0.39 is 0 Å². The van der Waals surface area contributed by atoms with Gasteiger partial charge in [-0.3, -0.25) is 13.9 Å². The Morgan fingerprint density at radius 3 is 1.82 bits per heavy atom. The van der Waals surface area contributed by atoms with E-state index in [1.807, 2.05) is 122 Å². The van der Waals surface area contributed by atoms with E-state index in [1.165, 1.54) is 0 Å². The Bertz CT molecular complexity index is 1800. The molecule has 0 saturated heterocycles. The van der Waals surface area contributed by atoms with Crippen molar-refractivity contribution in [1.82, 2.24) is 9.13 Å². The Balaban J connectivity index is 1.75. The summed E-state index contributed by atoms with van der Waals surface area (Å²) < 4.78 is 10.6. The smallest absolute Gasteiger partial charge is 0.266 e. The van der Waals surface area contributed by atoms with Crippen LogP contribution in [0.2, 0.25) is 0 Å². The fourth-order valence-corrected chi connectivity index (χ4v) is 5.44. The van der Waals surface area contributed by atoms with Gasteiger partial charge in [-0.05, 0) is 61.0 Å². The van der Waals surface area contributed by atoms with E-state index in [-0.39, 0.29) is 11.5 Å². The monoisotopic (exact) mass is 514 g/mol. The molecule has 6 rings (SSSR count). The highest BCUT2D eigenvalue weighted by molar-refractivity contribution is 7.71. The predicted octanol–water partition coefficient (Wildman–Crippen LogP) is 7.54. The zero-order valence-electron chi connectivity index (χ0n) is 21.2. The van der Waals surface area contributed by atoms with Crippen molar-refractivity contribution in [2.75, 3.05) is 0 Å². The van der Waals surface area contributed by atoms with Crippen molar-refractivity contribution >= 4 is 18.0 Å². The lowest BCUT2D eigenvalue weighted by atomic mass is 9.89. The standard InChI is InChI=1S/C33H26N2O2S/c1-22-13-9-11-19-27(22)34-31(36)30-26(24-15-5-3-6-16-24)21-29(25-17-7-4-8-18-25)37-32(30)35(33(34)38)28-20-12-10-14-23(28)2/h3-21,26H,1-2H3.